The summed E-state index contributed by atoms with van der Waals surface area (Å²) in [5, 5.41) is 5.51. The molecule has 2 amide bonds. The largest absolute Gasteiger partial charge is 0.494 e. The normalized spacial score (nSPS) is 11.2. The van der Waals surface area contributed by atoms with Gasteiger partial charge in [-0.05, 0) is 56.3 Å². The van der Waals surface area contributed by atoms with E-state index in [1.54, 1.807) is 48.5 Å². The molecule has 0 spiro atoms. The van der Waals surface area contributed by atoms with Crippen molar-refractivity contribution in [2.75, 3.05) is 18.5 Å². The van der Waals surface area contributed by atoms with Crippen LogP contribution < -0.4 is 15.4 Å². The Morgan fingerprint density at radius 2 is 1.82 bits per heavy atom. The summed E-state index contributed by atoms with van der Waals surface area (Å²) in [6.45, 7) is 3.47. The van der Waals surface area contributed by atoms with Gasteiger partial charge in [0.1, 0.15) is 12.3 Å². The van der Waals surface area contributed by atoms with E-state index >= 15 is 0 Å². The van der Waals surface area contributed by atoms with Crippen LogP contribution in [0, 0.1) is 0 Å². The molecule has 0 fully saturated rings. The third-order valence-electron chi connectivity index (χ3n) is 3.59. The van der Waals surface area contributed by atoms with Gasteiger partial charge in [-0.2, -0.15) is 0 Å². The standard InChI is InChI=1S/C20H21ClN2O5/c1-3-27-17-9-7-14(8-10-17)20(26)22-12-18(24)28-13(2)19(25)23-16-6-4-5-15(21)11-16/h4-11,13H,3,12H2,1-2H3,(H,22,26)(H,23,25)/t13-/m1/s1. The zero-order valence-corrected chi connectivity index (χ0v) is 16.3. The number of benzene rings is 2. The van der Waals surface area contributed by atoms with Crippen molar-refractivity contribution in [3.05, 3.63) is 59.1 Å². The summed E-state index contributed by atoms with van der Waals surface area (Å²) in [7, 11) is 0. The third-order valence-corrected chi connectivity index (χ3v) is 3.83. The van der Waals surface area contributed by atoms with Gasteiger partial charge in [0, 0.05) is 16.3 Å². The molecule has 2 N–H and O–H groups in total. The van der Waals surface area contributed by atoms with Gasteiger partial charge in [0.15, 0.2) is 6.10 Å². The zero-order chi connectivity index (χ0) is 20.5. The highest BCUT2D eigenvalue weighted by molar-refractivity contribution is 6.30. The number of hydrogen-bond donors (Lipinski definition) is 2. The van der Waals surface area contributed by atoms with E-state index < -0.39 is 23.9 Å². The topological polar surface area (TPSA) is 93.7 Å². The molecule has 148 valence electrons. The van der Waals surface area contributed by atoms with E-state index in [0.29, 0.717) is 28.6 Å². The van der Waals surface area contributed by atoms with Gasteiger partial charge in [0.2, 0.25) is 0 Å². The maximum Gasteiger partial charge on any atom is 0.326 e. The highest BCUT2D eigenvalue weighted by Crippen LogP contribution is 2.15. The number of carbonyl (C=O) groups is 3. The van der Waals surface area contributed by atoms with E-state index in [0.717, 1.165) is 0 Å². The predicted molar refractivity (Wildman–Crippen MR) is 106 cm³/mol. The summed E-state index contributed by atoms with van der Waals surface area (Å²) in [4.78, 5) is 36.0. The van der Waals surface area contributed by atoms with Crippen molar-refractivity contribution < 1.29 is 23.9 Å². The number of ether oxygens (including phenoxy) is 2. The maximum absolute atomic E-state index is 12.1. The monoisotopic (exact) mass is 404 g/mol. The number of hydrogen-bond acceptors (Lipinski definition) is 5. The van der Waals surface area contributed by atoms with Crippen molar-refractivity contribution in [3.8, 4) is 5.75 Å². The summed E-state index contributed by atoms with van der Waals surface area (Å²) in [6.07, 6.45) is -1.03. The molecule has 2 aromatic carbocycles. The number of carbonyl (C=O) groups excluding carboxylic acids is 3. The minimum atomic E-state index is -1.03. The number of rotatable bonds is 8. The number of nitrogens with one attached hydrogen (secondary N) is 2. The lowest BCUT2D eigenvalue weighted by atomic mass is 10.2. The van der Waals surface area contributed by atoms with E-state index in [9.17, 15) is 14.4 Å². The minimum Gasteiger partial charge on any atom is -0.494 e. The van der Waals surface area contributed by atoms with Crippen molar-refractivity contribution in [1.29, 1.82) is 0 Å². The zero-order valence-electron chi connectivity index (χ0n) is 15.5. The molecule has 0 radical (unpaired) electrons. The fourth-order valence-corrected chi connectivity index (χ4v) is 2.42. The number of amides is 2. The summed E-state index contributed by atoms with van der Waals surface area (Å²) >= 11 is 5.85. The number of anilines is 1. The molecule has 0 heterocycles. The van der Waals surface area contributed by atoms with E-state index in [1.807, 2.05) is 6.92 Å². The van der Waals surface area contributed by atoms with Crippen LogP contribution in [0.15, 0.2) is 48.5 Å². The quantitative estimate of drug-likeness (QED) is 0.659. The van der Waals surface area contributed by atoms with Gasteiger partial charge in [-0.15, -0.1) is 0 Å². The predicted octanol–water partition coefficient (Wildman–Crippen LogP) is 3.04. The van der Waals surface area contributed by atoms with Crippen molar-refractivity contribution in [2.24, 2.45) is 0 Å². The maximum atomic E-state index is 12.1. The van der Waals surface area contributed by atoms with E-state index in [-0.39, 0.29) is 6.54 Å². The number of halogens is 1. The average Bonchev–Trinajstić information content (AvgIpc) is 2.67. The second kappa shape index (κ2) is 10.3. The molecular formula is C20H21ClN2O5. The summed E-state index contributed by atoms with van der Waals surface area (Å²) in [5.74, 6) is -1.02. The third kappa shape index (κ3) is 6.59. The van der Waals surface area contributed by atoms with E-state index in [2.05, 4.69) is 10.6 Å². The molecule has 0 aliphatic carbocycles. The van der Waals surface area contributed by atoms with Gasteiger partial charge in [-0.25, -0.2) is 0 Å². The summed E-state index contributed by atoms with van der Waals surface area (Å²) in [5.41, 5.74) is 0.868. The Hall–Kier alpha value is -3.06. The summed E-state index contributed by atoms with van der Waals surface area (Å²) < 4.78 is 10.3. The first kappa shape index (κ1) is 21.2. The smallest absolute Gasteiger partial charge is 0.326 e. The van der Waals surface area contributed by atoms with Crippen molar-refractivity contribution in [3.63, 3.8) is 0 Å². The Morgan fingerprint density at radius 3 is 2.46 bits per heavy atom. The Bertz CT molecular complexity index is 839. The molecule has 0 saturated carbocycles. The SMILES string of the molecule is CCOc1ccc(C(=O)NCC(=O)O[C@H](C)C(=O)Nc2cccc(Cl)c2)cc1. The highest BCUT2D eigenvalue weighted by Gasteiger charge is 2.18. The van der Waals surface area contributed by atoms with Crippen molar-refractivity contribution >= 4 is 35.1 Å². The number of esters is 1. The van der Waals surface area contributed by atoms with Crippen LogP contribution in [0.3, 0.4) is 0 Å². The van der Waals surface area contributed by atoms with Crippen LogP contribution in [0.4, 0.5) is 5.69 Å². The second-order valence-electron chi connectivity index (χ2n) is 5.77. The molecule has 2 aromatic rings. The Balaban J connectivity index is 1.79. The van der Waals surface area contributed by atoms with Crippen LogP contribution in [-0.4, -0.2) is 37.0 Å². The Morgan fingerprint density at radius 1 is 1.11 bits per heavy atom. The van der Waals surface area contributed by atoms with Gasteiger partial charge in [0.25, 0.3) is 11.8 Å². The fraction of sp³-hybridized carbons (Fsp3) is 0.250. The lowest BCUT2D eigenvalue weighted by Gasteiger charge is -2.14. The van der Waals surface area contributed by atoms with Gasteiger partial charge in [0.05, 0.1) is 6.61 Å². The molecule has 0 bridgehead atoms. The highest BCUT2D eigenvalue weighted by atomic mass is 35.5. The first-order valence-corrected chi connectivity index (χ1v) is 9.03. The van der Waals surface area contributed by atoms with Crippen LogP contribution >= 0.6 is 11.6 Å². The molecule has 0 unspecified atom stereocenters. The van der Waals surface area contributed by atoms with Crippen LogP contribution in [0.25, 0.3) is 0 Å². The lowest BCUT2D eigenvalue weighted by Crippen LogP contribution is -2.35. The van der Waals surface area contributed by atoms with Gasteiger partial charge in [-0.3, -0.25) is 14.4 Å². The fourth-order valence-electron chi connectivity index (χ4n) is 2.23. The van der Waals surface area contributed by atoms with Crippen LogP contribution in [-0.2, 0) is 14.3 Å². The molecule has 0 aromatic heterocycles. The Labute approximate surface area is 168 Å². The van der Waals surface area contributed by atoms with Gasteiger partial charge < -0.3 is 20.1 Å². The van der Waals surface area contributed by atoms with E-state index in [1.165, 1.54) is 6.92 Å². The molecule has 0 aliphatic heterocycles. The average molecular weight is 405 g/mol. The molecule has 8 heteroatoms. The van der Waals surface area contributed by atoms with Crippen LogP contribution in [0.1, 0.15) is 24.2 Å². The second-order valence-corrected chi connectivity index (χ2v) is 6.21. The van der Waals surface area contributed by atoms with Gasteiger partial charge >= 0.3 is 5.97 Å². The van der Waals surface area contributed by atoms with Crippen molar-refractivity contribution in [2.45, 2.75) is 20.0 Å². The Kier molecular flexibility index (Phi) is 7.83. The molecule has 0 aliphatic rings. The van der Waals surface area contributed by atoms with E-state index in [4.69, 9.17) is 21.1 Å². The molecule has 28 heavy (non-hydrogen) atoms. The van der Waals surface area contributed by atoms with Gasteiger partial charge in [-0.1, -0.05) is 17.7 Å². The van der Waals surface area contributed by atoms with Crippen LogP contribution in [0.2, 0.25) is 5.02 Å². The molecular weight excluding hydrogens is 384 g/mol. The lowest BCUT2D eigenvalue weighted by molar-refractivity contribution is -0.152. The molecule has 1 atom stereocenters. The van der Waals surface area contributed by atoms with Crippen molar-refractivity contribution in [1.82, 2.24) is 5.32 Å². The minimum absolute atomic E-state index is 0.360. The van der Waals surface area contributed by atoms with Crippen LogP contribution in [0.5, 0.6) is 5.75 Å². The first-order valence-electron chi connectivity index (χ1n) is 8.66. The molecule has 2 rings (SSSR count). The molecule has 0 saturated heterocycles. The first-order chi connectivity index (χ1) is 13.4. The molecule has 7 nitrogen and oxygen atoms in total. The summed E-state index contributed by atoms with van der Waals surface area (Å²) in [6, 6.07) is 13.1.